The number of nitrogens with zero attached hydrogens (tertiary/aromatic N) is 3. The molecule has 0 saturated heterocycles. The summed E-state index contributed by atoms with van der Waals surface area (Å²) in [6.07, 6.45) is 0. The number of aromatic nitrogens is 2. The zero-order valence-corrected chi connectivity index (χ0v) is 14.3. The van der Waals surface area contributed by atoms with Crippen LogP contribution in [0.2, 0.25) is 5.02 Å². The van der Waals surface area contributed by atoms with Crippen LogP contribution in [0, 0.1) is 0 Å². The smallest absolute Gasteiger partial charge is 0.185 e. The Kier molecular flexibility index (Phi) is 4.76. The number of pyridine rings is 1. The molecular weight excluding hydrogens is 316 g/mol. The highest BCUT2D eigenvalue weighted by molar-refractivity contribution is 7.21. The predicted octanol–water partition coefficient (Wildman–Crippen LogP) is 4.25. The fourth-order valence-electron chi connectivity index (χ4n) is 2.46. The second-order valence-electron chi connectivity index (χ2n) is 5.07. The molecule has 0 amide bonds. The topological polar surface area (TPSA) is 41.0 Å². The molecule has 22 heavy (non-hydrogen) atoms. The molecule has 0 atom stereocenters. The van der Waals surface area contributed by atoms with E-state index in [2.05, 4.69) is 34.0 Å². The molecule has 1 aromatic carbocycles. The molecule has 0 saturated carbocycles. The zero-order valence-electron chi connectivity index (χ0n) is 12.8. The van der Waals surface area contributed by atoms with Crippen molar-refractivity contribution in [1.29, 1.82) is 0 Å². The monoisotopic (exact) mass is 334 g/mol. The van der Waals surface area contributed by atoms with Crippen molar-refractivity contribution in [2.24, 2.45) is 0 Å². The Labute approximate surface area is 139 Å². The summed E-state index contributed by atoms with van der Waals surface area (Å²) in [4.78, 5) is 12.5. The third-order valence-corrected chi connectivity index (χ3v) is 5.07. The highest BCUT2D eigenvalue weighted by Gasteiger charge is 2.12. The van der Waals surface area contributed by atoms with Crippen LogP contribution < -0.4 is 5.32 Å². The van der Waals surface area contributed by atoms with Gasteiger partial charge in [-0.3, -0.25) is 0 Å². The van der Waals surface area contributed by atoms with E-state index in [0.29, 0.717) is 5.02 Å². The molecule has 1 N–H and O–H groups in total. The van der Waals surface area contributed by atoms with Crippen LogP contribution in [0.3, 0.4) is 0 Å². The first-order valence-electron chi connectivity index (χ1n) is 7.54. The number of anilines is 1. The summed E-state index contributed by atoms with van der Waals surface area (Å²) >= 11 is 8.04. The van der Waals surface area contributed by atoms with Crippen LogP contribution in [-0.4, -0.2) is 41.0 Å². The van der Waals surface area contributed by atoms with Gasteiger partial charge in [-0.25, -0.2) is 9.97 Å². The fraction of sp³-hybridized carbons (Fsp3) is 0.375. The number of nitrogens with one attached hydrogen (secondary N) is 1. The van der Waals surface area contributed by atoms with E-state index in [-0.39, 0.29) is 0 Å². The molecule has 4 nitrogen and oxygen atoms in total. The van der Waals surface area contributed by atoms with Crippen molar-refractivity contribution >= 4 is 49.3 Å². The number of rotatable bonds is 6. The minimum atomic E-state index is 0.689. The Morgan fingerprint density at radius 3 is 2.73 bits per heavy atom. The van der Waals surface area contributed by atoms with Crippen LogP contribution in [0.4, 0.5) is 5.13 Å². The normalized spacial score (nSPS) is 11.6. The number of fused-ring (bicyclic) bond motifs is 2. The number of hydrogen-bond acceptors (Lipinski definition) is 5. The van der Waals surface area contributed by atoms with Crippen LogP contribution >= 0.6 is 22.9 Å². The summed E-state index contributed by atoms with van der Waals surface area (Å²) in [7, 11) is 0. The molecule has 116 valence electrons. The van der Waals surface area contributed by atoms with Crippen LogP contribution in [-0.2, 0) is 0 Å². The summed E-state index contributed by atoms with van der Waals surface area (Å²) in [6.45, 7) is 8.37. The quantitative estimate of drug-likeness (QED) is 0.731. The van der Waals surface area contributed by atoms with E-state index in [4.69, 9.17) is 11.6 Å². The van der Waals surface area contributed by atoms with E-state index in [1.54, 1.807) is 11.3 Å². The molecule has 0 aliphatic rings. The van der Waals surface area contributed by atoms with Crippen molar-refractivity contribution in [2.75, 3.05) is 31.5 Å². The average molecular weight is 335 g/mol. The number of halogens is 1. The Balaban J connectivity index is 1.84. The van der Waals surface area contributed by atoms with Crippen LogP contribution in [0.25, 0.3) is 21.3 Å². The van der Waals surface area contributed by atoms with Gasteiger partial charge in [0.25, 0.3) is 0 Å². The number of likely N-dealkylation sites (N-methyl/N-ethyl adjacent to an activating group) is 1. The standard InChI is InChI=1S/C16H19ClN4S/c1-3-21(4-2)10-9-18-16-20-14-13(17)11-7-5-6-8-12(11)19-15(14)22-16/h5-8H,3-4,9-10H2,1-2H3,(H,18,20). The van der Waals surface area contributed by atoms with Gasteiger partial charge < -0.3 is 10.2 Å². The van der Waals surface area contributed by atoms with Crippen LogP contribution in [0.15, 0.2) is 24.3 Å². The average Bonchev–Trinajstić information content (AvgIpc) is 2.95. The molecule has 0 aliphatic heterocycles. The summed E-state index contributed by atoms with van der Waals surface area (Å²) in [5, 5.41) is 5.91. The third-order valence-electron chi connectivity index (χ3n) is 3.78. The second kappa shape index (κ2) is 6.77. The van der Waals surface area contributed by atoms with Crippen LogP contribution in [0.5, 0.6) is 0 Å². The molecule has 0 unspecified atom stereocenters. The maximum atomic E-state index is 6.49. The van der Waals surface area contributed by atoms with Gasteiger partial charge in [-0.15, -0.1) is 0 Å². The molecule has 2 aromatic heterocycles. The lowest BCUT2D eigenvalue weighted by molar-refractivity contribution is 0.316. The van der Waals surface area contributed by atoms with E-state index >= 15 is 0 Å². The first kappa shape index (κ1) is 15.5. The lowest BCUT2D eigenvalue weighted by Gasteiger charge is -2.17. The molecule has 3 rings (SSSR count). The first-order valence-corrected chi connectivity index (χ1v) is 8.73. The molecule has 0 spiro atoms. The molecule has 6 heteroatoms. The van der Waals surface area contributed by atoms with Crippen molar-refractivity contribution in [1.82, 2.24) is 14.9 Å². The maximum absolute atomic E-state index is 6.49. The Morgan fingerprint density at radius 1 is 1.18 bits per heavy atom. The highest BCUT2D eigenvalue weighted by Crippen LogP contribution is 2.34. The molecule has 0 bridgehead atoms. The molecule has 0 aliphatic carbocycles. The highest BCUT2D eigenvalue weighted by atomic mass is 35.5. The zero-order chi connectivity index (χ0) is 15.5. The summed E-state index contributed by atoms with van der Waals surface area (Å²) in [6, 6.07) is 7.91. The SMILES string of the molecule is CCN(CC)CCNc1nc2c(Cl)c3ccccc3nc2s1. The van der Waals surface area contributed by atoms with Gasteiger partial charge in [-0.2, -0.15) is 0 Å². The van der Waals surface area contributed by atoms with Gasteiger partial charge in [0.15, 0.2) is 5.13 Å². The third kappa shape index (κ3) is 3.02. The van der Waals surface area contributed by atoms with E-state index in [9.17, 15) is 0 Å². The van der Waals surface area contributed by atoms with Gasteiger partial charge in [0.1, 0.15) is 10.3 Å². The van der Waals surface area contributed by atoms with Gasteiger partial charge in [-0.1, -0.05) is 55.0 Å². The Morgan fingerprint density at radius 2 is 1.95 bits per heavy atom. The summed E-state index contributed by atoms with van der Waals surface area (Å²) < 4.78 is 0. The van der Waals surface area contributed by atoms with Crippen molar-refractivity contribution in [3.63, 3.8) is 0 Å². The molecule has 2 heterocycles. The number of para-hydroxylation sites is 1. The largest absolute Gasteiger partial charge is 0.360 e. The van der Waals surface area contributed by atoms with Crippen LogP contribution in [0.1, 0.15) is 13.8 Å². The minimum absolute atomic E-state index is 0.689. The molecular formula is C16H19ClN4S. The van der Waals surface area contributed by atoms with E-state index in [1.807, 2.05) is 24.3 Å². The lowest BCUT2D eigenvalue weighted by atomic mass is 10.2. The summed E-state index contributed by atoms with van der Waals surface area (Å²) in [5.74, 6) is 0. The van der Waals surface area contributed by atoms with E-state index < -0.39 is 0 Å². The molecule has 0 fully saturated rings. The Hall–Kier alpha value is -1.43. The van der Waals surface area contributed by atoms with Crippen molar-refractivity contribution in [3.8, 4) is 0 Å². The van der Waals surface area contributed by atoms with Gasteiger partial charge in [0.05, 0.1) is 10.5 Å². The number of thiazole rings is 1. The predicted molar refractivity (Wildman–Crippen MR) is 96.2 cm³/mol. The molecule has 3 aromatic rings. The Bertz CT molecular complexity index is 782. The number of benzene rings is 1. The number of hydrogen-bond donors (Lipinski definition) is 1. The minimum Gasteiger partial charge on any atom is -0.360 e. The van der Waals surface area contributed by atoms with Crippen molar-refractivity contribution < 1.29 is 0 Å². The maximum Gasteiger partial charge on any atom is 0.185 e. The first-order chi connectivity index (χ1) is 10.7. The summed E-state index contributed by atoms with van der Waals surface area (Å²) in [5.41, 5.74) is 1.70. The van der Waals surface area contributed by atoms with Gasteiger partial charge in [-0.05, 0) is 19.2 Å². The van der Waals surface area contributed by atoms with Gasteiger partial charge in [0, 0.05) is 18.5 Å². The lowest BCUT2D eigenvalue weighted by Crippen LogP contribution is -2.28. The molecule has 0 radical (unpaired) electrons. The van der Waals surface area contributed by atoms with E-state index in [0.717, 1.165) is 52.6 Å². The van der Waals surface area contributed by atoms with Crippen molar-refractivity contribution in [3.05, 3.63) is 29.3 Å². The van der Waals surface area contributed by atoms with E-state index in [1.165, 1.54) is 0 Å². The second-order valence-corrected chi connectivity index (χ2v) is 6.42. The van der Waals surface area contributed by atoms with Crippen molar-refractivity contribution in [2.45, 2.75) is 13.8 Å². The van der Waals surface area contributed by atoms with Gasteiger partial charge >= 0.3 is 0 Å². The van der Waals surface area contributed by atoms with Gasteiger partial charge in [0.2, 0.25) is 0 Å². The fourth-order valence-corrected chi connectivity index (χ4v) is 3.69.